The Morgan fingerprint density at radius 3 is 2.85 bits per heavy atom. The van der Waals surface area contributed by atoms with Crippen LogP contribution in [0.15, 0.2) is 18.3 Å². The molecule has 1 aromatic heterocycles. The van der Waals surface area contributed by atoms with Gasteiger partial charge in [-0.15, -0.1) is 0 Å². The van der Waals surface area contributed by atoms with E-state index in [1.807, 2.05) is 12.3 Å². The number of aryl methyl sites for hydroxylation is 2. The largest absolute Gasteiger partial charge is 0.396 e. The molecule has 0 saturated heterocycles. The third-order valence-corrected chi connectivity index (χ3v) is 2.06. The quantitative estimate of drug-likeness (QED) is 0.702. The molecule has 0 aliphatic rings. The van der Waals surface area contributed by atoms with Crippen molar-refractivity contribution in [3.8, 4) is 0 Å². The summed E-state index contributed by atoms with van der Waals surface area (Å²) in [5, 5.41) is 8.59. The average Bonchev–Trinajstić information content (AvgIpc) is 2.13. The minimum Gasteiger partial charge on any atom is -0.396 e. The normalized spacial score (nSPS) is 10.3. The van der Waals surface area contributed by atoms with Crippen LogP contribution in [0.2, 0.25) is 0 Å². The molecule has 13 heavy (non-hydrogen) atoms. The summed E-state index contributed by atoms with van der Waals surface area (Å²) in [5.41, 5.74) is 2.44. The van der Waals surface area contributed by atoms with Crippen LogP contribution < -0.4 is 0 Å². The Morgan fingerprint density at radius 2 is 2.15 bits per heavy atom. The van der Waals surface area contributed by atoms with Crippen LogP contribution in [0.25, 0.3) is 0 Å². The zero-order valence-electron chi connectivity index (χ0n) is 8.16. The second-order valence-corrected chi connectivity index (χ2v) is 3.36. The Balaban J connectivity index is 2.28. The SMILES string of the molecule is Cc1ccnc(CCCCCO)c1. The molecule has 2 heteroatoms. The minimum atomic E-state index is 0.307. The van der Waals surface area contributed by atoms with Crippen molar-refractivity contribution in [3.05, 3.63) is 29.6 Å². The highest BCUT2D eigenvalue weighted by molar-refractivity contribution is 5.14. The summed E-state index contributed by atoms with van der Waals surface area (Å²) in [6, 6.07) is 4.14. The molecule has 0 aromatic carbocycles. The molecule has 0 bridgehead atoms. The van der Waals surface area contributed by atoms with E-state index in [0.29, 0.717) is 6.61 Å². The summed E-state index contributed by atoms with van der Waals surface area (Å²) >= 11 is 0. The molecule has 0 unspecified atom stereocenters. The summed E-state index contributed by atoms with van der Waals surface area (Å²) < 4.78 is 0. The van der Waals surface area contributed by atoms with Gasteiger partial charge in [0.1, 0.15) is 0 Å². The Hall–Kier alpha value is -0.890. The van der Waals surface area contributed by atoms with Gasteiger partial charge in [-0.2, -0.15) is 0 Å². The summed E-state index contributed by atoms with van der Waals surface area (Å²) in [6.45, 7) is 2.39. The van der Waals surface area contributed by atoms with E-state index in [4.69, 9.17) is 5.11 Å². The molecule has 1 heterocycles. The van der Waals surface area contributed by atoms with E-state index >= 15 is 0 Å². The van der Waals surface area contributed by atoms with Crippen molar-refractivity contribution in [1.82, 2.24) is 4.98 Å². The number of hydrogen-bond acceptors (Lipinski definition) is 2. The maximum Gasteiger partial charge on any atom is 0.0431 e. The molecule has 0 radical (unpaired) electrons. The van der Waals surface area contributed by atoms with Gasteiger partial charge in [-0.1, -0.05) is 6.42 Å². The van der Waals surface area contributed by atoms with E-state index in [1.54, 1.807) is 0 Å². The number of aliphatic hydroxyl groups is 1. The van der Waals surface area contributed by atoms with Crippen molar-refractivity contribution in [2.24, 2.45) is 0 Å². The zero-order valence-corrected chi connectivity index (χ0v) is 8.16. The van der Waals surface area contributed by atoms with Crippen LogP contribution in [0.3, 0.4) is 0 Å². The van der Waals surface area contributed by atoms with E-state index in [0.717, 1.165) is 31.4 Å². The fourth-order valence-electron chi connectivity index (χ4n) is 1.33. The molecular formula is C11H17NO. The smallest absolute Gasteiger partial charge is 0.0431 e. The first-order chi connectivity index (χ1) is 6.33. The average molecular weight is 179 g/mol. The van der Waals surface area contributed by atoms with Crippen LogP contribution in [0.5, 0.6) is 0 Å². The van der Waals surface area contributed by atoms with Gasteiger partial charge in [-0.05, 0) is 43.9 Å². The summed E-state index contributed by atoms with van der Waals surface area (Å²) in [6.07, 6.45) is 6.01. The molecule has 1 aromatic rings. The van der Waals surface area contributed by atoms with E-state index in [2.05, 4.69) is 18.0 Å². The first-order valence-corrected chi connectivity index (χ1v) is 4.85. The third kappa shape index (κ3) is 4.04. The highest BCUT2D eigenvalue weighted by Gasteiger charge is 1.94. The lowest BCUT2D eigenvalue weighted by molar-refractivity contribution is 0.283. The zero-order chi connectivity index (χ0) is 9.52. The van der Waals surface area contributed by atoms with Gasteiger partial charge in [0, 0.05) is 18.5 Å². The Labute approximate surface area is 79.6 Å². The Bertz CT molecular complexity index is 248. The van der Waals surface area contributed by atoms with Crippen molar-refractivity contribution in [2.75, 3.05) is 6.61 Å². The van der Waals surface area contributed by atoms with Crippen LogP contribution in [-0.2, 0) is 6.42 Å². The van der Waals surface area contributed by atoms with Crippen molar-refractivity contribution >= 4 is 0 Å². The first-order valence-electron chi connectivity index (χ1n) is 4.85. The van der Waals surface area contributed by atoms with Gasteiger partial charge in [-0.25, -0.2) is 0 Å². The summed E-state index contributed by atoms with van der Waals surface area (Å²) in [4.78, 5) is 4.27. The number of unbranched alkanes of at least 4 members (excludes halogenated alkanes) is 2. The molecular weight excluding hydrogens is 162 g/mol. The van der Waals surface area contributed by atoms with E-state index in [1.165, 1.54) is 5.56 Å². The molecule has 0 saturated carbocycles. The maximum absolute atomic E-state index is 8.59. The van der Waals surface area contributed by atoms with Gasteiger partial charge in [0.25, 0.3) is 0 Å². The van der Waals surface area contributed by atoms with Gasteiger partial charge in [0.15, 0.2) is 0 Å². The second-order valence-electron chi connectivity index (χ2n) is 3.36. The molecule has 1 N–H and O–H groups in total. The molecule has 0 fully saturated rings. The number of rotatable bonds is 5. The van der Waals surface area contributed by atoms with Crippen LogP contribution in [0.1, 0.15) is 30.5 Å². The van der Waals surface area contributed by atoms with E-state index in [9.17, 15) is 0 Å². The summed E-state index contributed by atoms with van der Waals surface area (Å²) in [7, 11) is 0. The predicted molar refractivity (Wildman–Crippen MR) is 53.6 cm³/mol. The molecule has 72 valence electrons. The fourth-order valence-corrected chi connectivity index (χ4v) is 1.33. The summed E-state index contributed by atoms with van der Waals surface area (Å²) in [5.74, 6) is 0. The maximum atomic E-state index is 8.59. The molecule has 0 aliphatic carbocycles. The minimum absolute atomic E-state index is 0.307. The van der Waals surface area contributed by atoms with E-state index < -0.39 is 0 Å². The number of nitrogens with zero attached hydrogens (tertiary/aromatic N) is 1. The van der Waals surface area contributed by atoms with Crippen LogP contribution in [0, 0.1) is 6.92 Å². The van der Waals surface area contributed by atoms with Crippen LogP contribution in [0.4, 0.5) is 0 Å². The monoisotopic (exact) mass is 179 g/mol. The Kier molecular flexibility index (Phi) is 4.47. The lowest BCUT2D eigenvalue weighted by Gasteiger charge is -2.00. The molecule has 0 aliphatic heterocycles. The van der Waals surface area contributed by atoms with Crippen molar-refractivity contribution in [3.63, 3.8) is 0 Å². The lowest BCUT2D eigenvalue weighted by atomic mass is 10.1. The van der Waals surface area contributed by atoms with E-state index in [-0.39, 0.29) is 0 Å². The molecule has 0 atom stereocenters. The Morgan fingerprint density at radius 1 is 1.31 bits per heavy atom. The van der Waals surface area contributed by atoms with Gasteiger partial charge in [0.05, 0.1) is 0 Å². The van der Waals surface area contributed by atoms with Crippen molar-refractivity contribution in [2.45, 2.75) is 32.6 Å². The second kappa shape index (κ2) is 5.70. The fraction of sp³-hybridized carbons (Fsp3) is 0.545. The lowest BCUT2D eigenvalue weighted by Crippen LogP contribution is -1.91. The van der Waals surface area contributed by atoms with Crippen molar-refractivity contribution in [1.29, 1.82) is 0 Å². The highest BCUT2D eigenvalue weighted by Crippen LogP contribution is 2.05. The van der Waals surface area contributed by atoms with Gasteiger partial charge >= 0.3 is 0 Å². The van der Waals surface area contributed by atoms with Crippen molar-refractivity contribution < 1.29 is 5.11 Å². The molecule has 1 rings (SSSR count). The number of hydrogen-bond donors (Lipinski definition) is 1. The van der Waals surface area contributed by atoms with Crippen LogP contribution in [-0.4, -0.2) is 16.7 Å². The van der Waals surface area contributed by atoms with Gasteiger partial charge < -0.3 is 5.11 Å². The molecule has 2 nitrogen and oxygen atoms in total. The van der Waals surface area contributed by atoms with Gasteiger partial charge in [-0.3, -0.25) is 4.98 Å². The van der Waals surface area contributed by atoms with Crippen LogP contribution >= 0.6 is 0 Å². The number of pyridine rings is 1. The predicted octanol–water partition coefficient (Wildman–Crippen LogP) is 2.10. The molecule has 0 amide bonds. The number of aliphatic hydroxyl groups excluding tert-OH is 1. The van der Waals surface area contributed by atoms with Gasteiger partial charge in [0.2, 0.25) is 0 Å². The highest BCUT2D eigenvalue weighted by atomic mass is 16.2. The molecule has 0 spiro atoms. The third-order valence-electron chi connectivity index (χ3n) is 2.06. The topological polar surface area (TPSA) is 33.1 Å². The number of aromatic nitrogens is 1. The first kappa shape index (κ1) is 10.2. The standard InChI is InChI=1S/C11H17NO/c1-10-6-7-12-11(9-10)5-3-2-4-8-13/h6-7,9,13H,2-5,8H2,1H3.